The number of carbonyl (C=O) groups is 1. The Morgan fingerprint density at radius 3 is 2.86 bits per heavy atom. The number of hydrogen-bond donors (Lipinski definition) is 1. The molecule has 1 aliphatic carbocycles. The lowest BCUT2D eigenvalue weighted by molar-refractivity contribution is -0.133. The van der Waals surface area contributed by atoms with Crippen molar-refractivity contribution < 1.29 is 14.6 Å². The second kappa shape index (κ2) is 6.29. The highest BCUT2D eigenvalue weighted by molar-refractivity contribution is 5.77. The Kier molecular flexibility index (Phi) is 4.39. The Morgan fingerprint density at radius 2 is 2.09 bits per heavy atom. The molecule has 4 nitrogen and oxygen atoms in total. The van der Waals surface area contributed by atoms with Gasteiger partial charge in [0.25, 0.3) is 0 Å². The quantitative estimate of drug-likeness (QED) is 0.930. The second-order valence-electron chi connectivity index (χ2n) is 6.76. The van der Waals surface area contributed by atoms with E-state index in [-0.39, 0.29) is 11.8 Å². The zero-order chi connectivity index (χ0) is 15.6. The van der Waals surface area contributed by atoms with Crippen LogP contribution < -0.4 is 4.74 Å². The van der Waals surface area contributed by atoms with Crippen molar-refractivity contribution in [3.05, 3.63) is 29.8 Å². The average Bonchev–Trinajstić information content (AvgIpc) is 2.94. The van der Waals surface area contributed by atoms with Crippen molar-refractivity contribution in [3.63, 3.8) is 0 Å². The SMILES string of the molecule is CN(CC1(O)CCCC1)C(=O)CC1CCOc2ccccc21. The third-order valence-corrected chi connectivity index (χ3v) is 5.00. The molecule has 3 rings (SSSR count). The fraction of sp³-hybridized carbons (Fsp3) is 0.611. The molecule has 1 N–H and O–H groups in total. The molecule has 1 fully saturated rings. The van der Waals surface area contributed by atoms with Gasteiger partial charge in [-0.2, -0.15) is 0 Å². The summed E-state index contributed by atoms with van der Waals surface area (Å²) in [7, 11) is 1.81. The van der Waals surface area contributed by atoms with Crippen LogP contribution in [0.5, 0.6) is 5.75 Å². The van der Waals surface area contributed by atoms with Gasteiger partial charge in [0, 0.05) is 20.0 Å². The van der Waals surface area contributed by atoms with Crippen LogP contribution in [0.1, 0.15) is 50.0 Å². The number of aliphatic hydroxyl groups is 1. The van der Waals surface area contributed by atoms with Crippen LogP contribution in [0.25, 0.3) is 0 Å². The first kappa shape index (κ1) is 15.3. The van der Waals surface area contributed by atoms with Crippen LogP contribution in [0.4, 0.5) is 0 Å². The lowest BCUT2D eigenvalue weighted by Gasteiger charge is -2.31. The van der Waals surface area contributed by atoms with E-state index in [4.69, 9.17) is 4.74 Å². The number of rotatable bonds is 4. The highest BCUT2D eigenvalue weighted by atomic mass is 16.5. The van der Waals surface area contributed by atoms with Crippen molar-refractivity contribution in [3.8, 4) is 5.75 Å². The van der Waals surface area contributed by atoms with Crippen LogP contribution in [0.15, 0.2) is 24.3 Å². The first-order valence-electron chi connectivity index (χ1n) is 8.25. The molecular weight excluding hydrogens is 278 g/mol. The fourth-order valence-electron chi connectivity index (χ4n) is 3.72. The van der Waals surface area contributed by atoms with Crippen molar-refractivity contribution in [2.75, 3.05) is 20.2 Å². The fourth-order valence-corrected chi connectivity index (χ4v) is 3.72. The van der Waals surface area contributed by atoms with Crippen molar-refractivity contribution in [1.29, 1.82) is 0 Å². The summed E-state index contributed by atoms with van der Waals surface area (Å²) in [5, 5.41) is 10.5. The highest BCUT2D eigenvalue weighted by Crippen LogP contribution is 2.36. The van der Waals surface area contributed by atoms with Gasteiger partial charge in [0.1, 0.15) is 5.75 Å². The Morgan fingerprint density at radius 1 is 1.36 bits per heavy atom. The largest absolute Gasteiger partial charge is 0.493 e. The number of likely N-dealkylation sites (N-methyl/N-ethyl adjacent to an activating group) is 1. The van der Waals surface area contributed by atoms with E-state index >= 15 is 0 Å². The Hall–Kier alpha value is -1.55. The van der Waals surface area contributed by atoms with Crippen LogP contribution in [0.3, 0.4) is 0 Å². The maximum Gasteiger partial charge on any atom is 0.223 e. The predicted octanol–water partition coefficient (Wildman–Crippen LogP) is 2.71. The summed E-state index contributed by atoms with van der Waals surface area (Å²) in [5.74, 6) is 1.24. The topological polar surface area (TPSA) is 49.8 Å². The lowest BCUT2D eigenvalue weighted by atomic mass is 9.89. The van der Waals surface area contributed by atoms with Crippen LogP contribution in [-0.4, -0.2) is 41.7 Å². The van der Waals surface area contributed by atoms with Crippen molar-refractivity contribution in [2.24, 2.45) is 0 Å². The van der Waals surface area contributed by atoms with Gasteiger partial charge < -0.3 is 14.7 Å². The minimum atomic E-state index is -0.669. The van der Waals surface area contributed by atoms with Gasteiger partial charge in [-0.3, -0.25) is 4.79 Å². The first-order valence-corrected chi connectivity index (χ1v) is 8.25. The van der Waals surface area contributed by atoms with E-state index < -0.39 is 5.60 Å². The van der Waals surface area contributed by atoms with E-state index in [0.717, 1.165) is 43.4 Å². The summed E-state index contributed by atoms with van der Waals surface area (Å²) in [6, 6.07) is 7.98. The monoisotopic (exact) mass is 303 g/mol. The maximum absolute atomic E-state index is 12.5. The molecule has 1 aromatic rings. The van der Waals surface area contributed by atoms with Crippen LogP contribution in [0.2, 0.25) is 0 Å². The zero-order valence-electron chi connectivity index (χ0n) is 13.3. The molecule has 4 heteroatoms. The third kappa shape index (κ3) is 3.27. The normalized spacial score (nSPS) is 22.7. The average molecular weight is 303 g/mol. The number of benzene rings is 1. The molecule has 1 amide bonds. The maximum atomic E-state index is 12.5. The van der Waals surface area contributed by atoms with Crippen LogP contribution in [-0.2, 0) is 4.79 Å². The molecule has 0 radical (unpaired) electrons. The summed E-state index contributed by atoms with van der Waals surface area (Å²) >= 11 is 0. The molecule has 1 aromatic carbocycles. The summed E-state index contributed by atoms with van der Waals surface area (Å²) in [5.41, 5.74) is 0.466. The number of hydrogen-bond acceptors (Lipinski definition) is 3. The van der Waals surface area contributed by atoms with E-state index in [1.807, 2.05) is 25.2 Å². The number of nitrogens with zero attached hydrogens (tertiary/aromatic N) is 1. The Balaban J connectivity index is 1.62. The van der Waals surface area contributed by atoms with Crippen molar-refractivity contribution in [2.45, 2.75) is 50.0 Å². The first-order chi connectivity index (χ1) is 10.6. The van der Waals surface area contributed by atoms with E-state index in [0.29, 0.717) is 19.6 Å². The van der Waals surface area contributed by atoms with Gasteiger partial charge in [-0.25, -0.2) is 0 Å². The lowest BCUT2D eigenvalue weighted by Crippen LogP contribution is -2.42. The summed E-state index contributed by atoms with van der Waals surface area (Å²) in [6.07, 6.45) is 5.11. The number of carbonyl (C=O) groups excluding carboxylic acids is 1. The Bertz CT molecular complexity index is 537. The van der Waals surface area contributed by atoms with Gasteiger partial charge in [-0.15, -0.1) is 0 Å². The second-order valence-corrected chi connectivity index (χ2v) is 6.76. The summed E-state index contributed by atoms with van der Waals surface area (Å²) < 4.78 is 5.65. The molecule has 0 aromatic heterocycles. The van der Waals surface area contributed by atoms with Crippen molar-refractivity contribution >= 4 is 5.91 Å². The smallest absolute Gasteiger partial charge is 0.223 e. The number of ether oxygens (including phenoxy) is 1. The molecule has 0 saturated heterocycles. The molecule has 22 heavy (non-hydrogen) atoms. The molecule has 1 unspecified atom stereocenters. The molecule has 120 valence electrons. The predicted molar refractivity (Wildman–Crippen MR) is 85.0 cm³/mol. The standard InChI is InChI=1S/C18H25NO3/c1-19(13-18(21)9-4-5-10-18)17(20)12-14-8-11-22-16-7-3-2-6-15(14)16/h2-3,6-7,14,21H,4-5,8-13H2,1H3. The van der Waals surface area contributed by atoms with Gasteiger partial charge in [0.2, 0.25) is 5.91 Å². The third-order valence-electron chi connectivity index (χ3n) is 5.00. The van der Waals surface area contributed by atoms with Gasteiger partial charge in [0.15, 0.2) is 0 Å². The molecule has 0 spiro atoms. The number of fused-ring (bicyclic) bond motifs is 1. The van der Waals surface area contributed by atoms with Gasteiger partial charge in [-0.05, 0) is 36.8 Å². The van der Waals surface area contributed by atoms with Gasteiger partial charge in [0.05, 0.1) is 12.2 Å². The van der Waals surface area contributed by atoms with Gasteiger partial charge >= 0.3 is 0 Å². The molecule has 1 heterocycles. The minimum absolute atomic E-state index is 0.113. The summed E-state index contributed by atoms with van der Waals surface area (Å²) in [6.45, 7) is 1.12. The number of para-hydroxylation sites is 1. The molecule has 1 aliphatic heterocycles. The Labute approximate surface area is 132 Å². The highest BCUT2D eigenvalue weighted by Gasteiger charge is 2.34. The van der Waals surface area contributed by atoms with Gasteiger partial charge in [-0.1, -0.05) is 31.0 Å². The van der Waals surface area contributed by atoms with E-state index in [1.54, 1.807) is 4.90 Å². The van der Waals surface area contributed by atoms with Crippen LogP contribution in [0, 0.1) is 0 Å². The molecule has 1 saturated carbocycles. The molecular formula is C18H25NO3. The van der Waals surface area contributed by atoms with Crippen molar-refractivity contribution in [1.82, 2.24) is 4.90 Å². The van der Waals surface area contributed by atoms with E-state index in [1.165, 1.54) is 0 Å². The molecule has 0 bridgehead atoms. The zero-order valence-corrected chi connectivity index (χ0v) is 13.3. The molecule has 2 aliphatic rings. The van der Waals surface area contributed by atoms with E-state index in [9.17, 15) is 9.90 Å². The van der Waals surface area contributed by atoms with E-state index in [2.05, 4.69) is 6.07 Å². The minimum Gasteiger partial charge on any atom is -0.493 e. The van der Waals surface area contributed by atoms with Crippen LogP contribution >= 0.6 is 0 Å². The molecule has 1 atom stereocenters. The summed E-state index contributed by atoms with van der Waals surface area (Å²) in [4.78, 5) is 14.2. The number of amides is 1.